The number of fused-ring (bicyclic) bond motifs is 1. The van der Waals surface area contributed by atoms with Crippen LogP contribution >= 0.6 is 0 Å². The van der Waals surface area contributed by atoms with E-state index in [0.717, 1.165) is 11.3 Å². The summed E-state index contributed by atoms with van der Waals surface area (Å²) < 4.78 is 10.4. The van der Waals surface area contributed by atoms with E-state index in [1.807, 2.05) is 24.3 Å². The zero-order valence-corrected chi connectivity index (χ0v) is 12.1. The Balaban J connectivity index is 1.64. The average Bonchev–Trinajstić information content (AvgIpc) is 3.03. The fourth-order valence-corrected chi connectivity index (χ4v) is 3.06. The van der Waals surface area contributed by atoms with Gasteiger partial charge < -0.3 is 14.4 Å². The summed E-state index contributed by atoms with van der Waals surface area (Å²) in [6.45, 7) is 1.50. The lowest BCUT2D eigenvalue weighted by molar-refractivity contribution is -0.145. The van der Waals surface area contributed by atoms with Crippen molar-refractivity contribution in [3.63, 3.8) is 0 Å². The normalized spacial score (nSPS) is 24.1. The lowest BCUT2D eigenvalue weighted by Crippen LogP contribution is -2.40. The predicted octanol–water partition coefficient (Wildman–Crippen LogP) is 1.26. The molecule has 0 bridgehead atoms. The number of rotatable bonds is 2. The van der Waals surface area contributed by atoms with Gasteiger partial charge in [0.05, 0.1) is 18.9 Å². The number of amides is 1. The van der Waals surface area contributed by atoms with E-state index < -0.39 is 0 Å². The van der Waals surface area contributed by atoms with Gasteiger partial charge >= 0.3 is 5.97 Å². The Bertz CT molecular complexity index is 557. The van der Waals surface area contributed by atoms with Crippen LogP contribution in [0.4, 0.5) is 0 Å². The van der Waals surface area contributed by atoms with Crippen molar-refractivity contribution in [1.29, 1.82) is 0 Å². The second kappa shape index (κ2) is 5.76. The average molecular weight is 289 g/mol. The molecule has 2 aliphatic rings. The maximum absolute atomic E-state index is 12.6. The maximum atomic E-state index is 12.6. The minimum absolute atomic E-state index is 0.0795. The highest BCUT2D eigenvalue weighted by Gasteiger charge is 2.36. The van der Waals surface area contributed by atoms with Crippen LogP contribution in [0.2, 0.25) is 0 Å². The van der Waals surface area contributed by atoms with Crippen LogP contribution in [0.1, 0.15) is 12.0 Å². The number of methoxy groups -OCH3 is 1. The van der Waals surface area contributed by atoms with E-state index >= 15 is 0 Å². The predicted molar refractivity (Wildman–Crippen MR) is 75.8 cm³/mol. The Labute approximate surface area is 123 Å². The van der Waals surface area contributed by atoms with Gasteiger partial charge in [0.25, 0.3) is 0 Å². The second-order valence-electron chi connectivity index (χ2n) is 5.61. The van der Waals surface area contributed by atoms with Gasteiger partial charge in [0.2, 0.25) is 5.91 Å². The van der Waals surface area contributed by atoms with Gasteiger partial charge in [-0.05, 0) is 24.5 Å². The first-order valence-corrected chi connectivity index (χ1v) is 7.26. The van der Waals surface area contributed by atoms with E-state index in [2.05, 4.69) is 0 Å². The lowest BCUT2D eigenvalue weighted by atomic mass is 9.95. The smallest absolute Gasteiger partial charge is 0.310 e. The lowest BCUT2D eigenvalue weighted by Gasteiger charge is -2.28. The Morgan fingerprint density at radius 1 is 1.29 bits per heavy atom. The number of benzene rings is 1. The van der Waals surface area contributed by atoms with Gasteiger partial charge in [-0.15, -0.1) is 0 Å². The zero-order chi connectivity index (χ0) is 14.8. The largest absolute Gasteiger partial charge is 0.492 e. The molecule has 3 rings (SSSR count). The fraction of sp³-hybridized carbons (Fsp3) is 0.500. The van der Waals surface area contributed by atoms with E-state index in [4.69, 9.17) is 9.47 Å². The van der Waals surface area contributed by atoms with Crippen molar-refractivity contribution in [1.82, 2.24) is 4.90 Å². The first-order chi connectivity index (χ1) is 10.2. The van der Waals surface area contributed by atoms with E-state index in [9.17, 15) is 9.59 Å². The van der Waals surface area contributed by atoms with Crippen molar-refractivity contribution in [2.45, 2.75) is 12.8 Å². The number of nitrogens with zero attached hydrogens (tertiary/aromatic N) is 1. The van der Waals surface area contributed by atoms with E-state index in [1.54, 1.807) is 4.90 Å². The highest BCUT2D eigenvalue weighted by atomic mass is 16.5. The number of carbonyl (C=O) groups is 2. The number of ether oxygens (including phenoxy) is 2. The van der Waals surface area contributed by atoms with Crippen LogP contribution < -0.4 is 4.74 Å². The molecular formula is C16H19NO4. The molecule has 0 saturated carbocycles. The van der Waals surface area contributed by atoms with Gasteiger partial charge in [-0.2, -0.15) is 0 Å². The number of esters is 1. The number of carbonyl (C=O) groups excluding carboxylic acids is 2. The third-order valence-corrected chi connectivity index (χ3v) is 4.26. The third-order valence-electron chi connectivity index (χ3n) is 4.26. The minimum atomic E-state index is -0.226. The van der Waals surface area contributed by atoms with Crippen molar-refractivity contribution in [2.75, 3.05) is 26.8 Å². The molecule has 1 fully saturated rings. The van der Waals surface area contributed by atoms with E-state index in [1.165, 1.54) is 7.11 Å². The number of hydrogen-bond acceptors (Lipinski definition) is 4. The molecule has 21 heavy (non-hydrogen) atoms. The van der Waals surface area contributed by atoms with Crippen LogP contribution in [0.5, 0.6) is 5.75 Å². The summed E-state index contributed by atoms with van der Waals surface area (Å²) >= 11 is 0. The van der Waals surface area contributed by atoms with Crippen LogP contribution in [0, 0.1) is 11.8 Å². The summed E-state index contributed by atoms with van der Waals surface area (Å²) in [4.78, 5) is 25.9. The Kier molecular flexibility index (Phi) is 3.82. The van der Waals surface area contributed by atoms with Crippen molar-refractivity contribution in [2.24, 2.45) is 11.8 Å². The maximum Gasteiger partial charge on any atom is 0.310 e. The zero-order valence-electron chi connectivity index (χ0n) is 12.1. The molecule has 1 amide bonds. The monoisotopic (exact) mass is 289 g/mol. The molecule has 0 radical (unpaired) electrons. The molecule has 2 atom stereocenters. The molecule has 2 aliphatic heterocycles. The first-order valence-electron chi connectivity index (χ1n) is 7.26. The summed E-state index contributed by atoms with van der Waals surface area (Å²) in [7, 11) is 1.39. The van der Waals surface area contributed by atoms with Crippen LogP contribution in [-0.2, 0) is 20.7 Å². The van der Waals surface area contributed by atoms with Crippen molar-refractivity contribution in [3.8, 4) is 5.75 Å². The van der Waals surface area contributed by atoms with Crippen LogP contribution in [0.25, 0.3) is 0 Å². The molecule has 2 heterocycles. The van der Waals surface area contributed by atoms with Crippen molar-refractivity contribution in [3.05, 3.63) is 29.8 Å². The summed E-state index contributed by atoms with van der Waals surface area (Å²) in [6.07, 6.45) is 1.39. The Morgan fingerprint density at radius 2 is 2.10 bits per heavy atom. The minimum Gasteiger partial charge on any atom is -0.492 e. The molecule has 0 spiro atoms. The van der Waals surface area contributed by atoms with Gasteiger partial charge in [0.1, 0.15) is 12.4 Å². The number of hydrogen-bond donors (Lipinski definition) is 0. The molecule has 112 valence electrons. The van der Waals surface area contributed by atoms with Crippen molar-refractivity contribution >= 4 is 11.9 Å². The molecule has 5 nitrogen and oxygen atoms in total. The SMILES string of the molecule is COC(=O)C1CCN(C(=O)C2COc3ccccc3C2)C1. The number of para-hydroxylation sites is 1. The first kappa shape index (κ1) is 13.9. The highest BCUT2D eigenvalue weighted by Crippen LogP contribution is 2.29. The van der Waals surface area contributed by atoms with Crippen molar-refractivity contribution < 1.29 is 19.1 Å². The van der Waals surface area contributed by atoms with Crippen LogP contribution in [-0.4, -0.2) is 43.6 Å². The van der Waals surface area contributed by atoms with Gasteiger partial charge in [-0.25, -0.2) is 0 Å². The molecular weight excluding hydrogens is 270 g/mol. The van der Waals surface area contributed by atoms with Gasteiger partial charge in [0, 0.05) is 13.1 Å². The molecule has 2 unspecified atom stereocenters. The molecule has 1 aromatic carbocycles. The standard InChI is InChI=1S/C16H19NO4/c1-20-16(19)12-6-7-17(9-12)15(18)13-8-11-4-2-3-5-14(11)21-10-13/h2-5,12-13H,6-10H2,1H3. The Hall–Kier alpha value is -2.04. The fourth-order valence-electron chi connectivity index (χ4n) is 3.06. The molecule has 1 aromatic rings. The molecule has 0 N–H and O–H groups in total. The van der Waals surface area contributed by atoms with Crippen LogP contribution in [0.15, 0.2) is 24.3 Å². The topological polar surface area (TPSA) is 55.8 Å². The molecule has 0 aromatic heterocycles. The summed E-state index contributed by atoms with van der Waals surface area (Å²) in [5, 5.41) is 0. The van der Waals surface area contributed by atoms with E-state index in [0.29, 0.717) is 32.5 Å². The van der Waals surface area contributed by atoms with Gasteiger partial charge in [0.15, 0.2) is 0 Å². The van der Waals surface area contributed by atoms with Gasteiger partial charge in [-0.1, -0.05) is 18.2 Å². The van der Waals surface area contributed by atoms with Crippen LogP contribution in [0.3, 0.4) is 0 Å². The molecule has 0 aliphatic carbocycles. The third kappa shape index (κ3) is 2.73. The Morgan fingerprint density at radius 3 is 2.90 bits per heavy atom. The highest BCUT2D eigenvalue weighted by molar-refractivity contribution is 5.82. The summed E-state index contributed by atoms with van der Waals surface area (Å²) in [5.41, 5.74) is 1.07. The quantitative estimate of drug-likeness (QED) is 0.769. The summed E-state index contributed by atoms with van der Waals surface area (Å²) in [6, 6.07) is 7.82. The van der Waals surface area contributed by atoms with Gasteiger partial charge in [-0.3, -0.25) is 9.59 Å². The van der Waals surface area contributed by atoms with E-state index in [-0.39, 0.29) is 23.7 Å². The number of likely N-dealkylation sites (tertiary alicyclic amines) is 1. The summed E-state index contributed by atoms with van der Waals surface area (Å²) in [5.74, 6) is 0.383. The second-order valence-corrected chi connectivity index (χ2v) is 5.61. The molecule has 1 saturated heterocycles. The molecule has 5 heteroatoms.